The summed E-state index contributed by atoms with van der Waals surface area (Å²) >= 11 is 0. The van der Waals surface area contributed by atoms with Gasteiger partial charge in [-0.15, -0.1) is 5.01 Å². The van der Waals surface area contributed by atoms with Crippen LogP contribution in [0.1, 0.15) is 38.2 Å². The van der Waals surface area contributed by atoms with E-state index in [4.69, 9.17) is 0 Å². The topological polar surface area (TPSA) is 61.8 Å². The summed E-state index contributed by atoms with van der Waals surface area (Å²) < 4.78 is 13.1. The predicted octanol–water partition coefficient (Wildman–Crippen LogP) is 2.66. The monoisotopic (exact) mass is 303 g/mol. The molecule has 3 amide bonds. The molecule has 1 saturated heterocycles. The highest BCUT2D eigenvalue weighted by Gasteiger charge is 2.52. The molecule has 1 aromatic rings. The second kappa shape index (κ2) is 5.51. The standard InChI is InChI=1S/C16H18FN3O2/c1-11-5-7-16(8-6-11)14(21)20(15(22)19-16)18-10-12-3-2-4-13(17)9-12/h2-4,9-11H,5-8H2,1H3,(H,19,22)/b18-10-. The van der Waals surface area contributed by atoms with E-state index in [0.717, 1.165) is 17.9 Å². The molecule has 1 heterocycles. The first-order valence-corrected chi connectivity index (χ1v) is 7.46. The molecule has 0 aromatic heterocycles. The molecule has 0 unspecified atom stereocenters. The molecule has 2 fully saturated rings. The summed E-state index contributed by atoms with van der Waals surface area (Å²) in [5, 5.41) is 7.59. The largest absolute Gasteiger partial charge is 0.346 e. The van der Waals surface area contributed by atoms with E-state index >= 15 is 0 Å². The Kier molecular flexibility index (Phi) is 3.68. The Labute approximate surface area is 128 Å². The van der Waals surface area contributed by atoms with Gasteiger partial charge in [-0.1, -0.05) is 19.1 Å². The van der Waals surface area contributed by atoms with E-state index in [1.54, 1.807) is 12.1 Å². The lowest BCUT2D eigenvalue weighted by atomic mass is 9.77. The first-order chi connectivity index (χ1) is 10.5. The van der Waals surface area contributed by atoms with Crippen molar-refractivity contribution < 1.29 is 14.0 Å². The molecule has 2 aliphatic rings. The zero-order valence-corrected chi connectivity index (χ0v) is 12.4. The number of urea groups is 1. The molecule has 1 spiro atoms. The average molecular weight is 303 g/mol. The number of hydrazone groups is 1. The first kappa shape index (κ1) is 14.7. The summed E-state index contributed by atoms with van der Waals surface area (Å²) in [5.74, 6) is -0.129. The number of imide groups is 1. The van der Waals surface area contributed by atoms with Crippen LogP contribution >= 0.6 is 0 Å². The maximum Gasteiger partial charge on any atom is 0.346 e. The minimum absolute atomic E-state index is 0.308. The number of halogens is 1. The molecule has 3 rings (SSSR count). The van der Waals surface area contributed by atoms with E-state index in [9.17, 15) is 14.0 Å². The van der Waals surface area contributed by atoms with Crippen molar-refractivity contribution in [2.75, 3.05) is 0 Å². The molecule has 22 heavy (non-hydrogen) atoms. The Bertz CT molecular complexity index is 636. The van der Waals surface area contributed by atoms with Gasteiger partial charge in [0.25, 0.3) is 5.91 Å². The van der Waals surface area contributed by atoms with Crippen LogP contribution in [0.5, 0.6) is 0 Å². The van der Waals surface area contributed by atoms with Gasteiger partial charge in [-0.25, -0.2) is 9.18 Å². The number of amides is 3. The van der Waals surface area contributed by atoms with Crippen molar-refractivity contribution >= 4 is 18.2 Å². The Balaban J connectivity index is 1.77. The van der Waals surface area contributed by atoms with Crippen molar-refractivity contribution in [2.24, 2.45) is 11.0 Å². The van der Waals surface area contributed by atoms with E-state index in [1.165, 1.54) is 18.3 Å². The smallest absolute Gasteiger partial charge is 0.321 e. The Morgan fingerprint density at radius 3 is 2.77 bits per heavy atom. The Hall–Kier alpha value is -2.24. The molecule has 0 atom stereocenters. The number of benzene rings is 1. The quantitative estimate of drug-likeness (QED) is 0.674. The average Bonchev–Trinajstić information content (AvgIpc) is 2.72. The number of carbonyl (C=O) groups is 2. The number of hydrogen-bond donors (Lipinski definition) is 1. The van der Waals surface area contributed by atoms with Gasteiger partial charge in [-0.3, -0.25) is 4.79 Å². The van der Waals surface area contributed by atoms with Gasteiger partial charge < -0.3 is 5.32 Å². The summed E-state index contributed by atoms with van der Waals surface area (Å²) in [6, 6.07) is 5.31. The van der Waals surface area contributed by atoms with Gasteiger partial charge in [-0.05, 0) is 49.3 Å². The predicted molar refractivity (Wildman–Crippen MR) is 79.7 cm³/mol. The van der Waals surface area contributed by atoms with Crippen molar-refractivity contribution in [2.45, 2.75) is 38.1 Å². The lowest BCUT2D eigenvalue weighted by Gasteiger charge is -2.33. The maximum atomic E-state index is 13.1. The first-order valence-electron chi connectivity index (χ1n) is 7.46. The van der Waals surface area contributed by atoms with Gasteiger partial charge in [0.15, 0.2) is 0 Å². The van der Waals surface area contributed by atoms with Crippen LogP contribution in [0.4, 0.5) is 9.18 Å². The highest BCUT2D eigenvalue weighted by Crippen LogP contribution is 2.36. The van der Waals surface area contributed by atoms with Crippen LogP contribution in [-0.4, -0.2) is 28.7 Å². The van der Waals surface area contributed by atoms with Crippen molar-refractivity contribution in [1.82, 2.24) is 10.3 Å². The van der Waals surface area contributed by atoms with E-state index in [-0.39, 0.29) is 11.7 Å². The highest BCUT2D eigenvalue weighted by molar-refractivity contribution is 6.07. The summed E-state index contributed by atoms with van der Waals surface area (Å²) in [7, 11) is 0. The summed E-state index contributed by atoms with van der Waals surface area (Å²) in [4.78, 5) is 24.6. The Morgan fingerprint density at radius 1 is 1.36 bits per heavy atom. The highest BCUT2D eigenvalue weighted by atomic mass is 19.1. The van der Waals surface area contributed by atoms with Gasteiger partial charge in [0, 0.05) is 0 Å². The second-order valence-corrected chi connectivity index (χ2v) is 6.11. The molecule has 5 nitrogen and oxygen atoms in total. The number of nitrogens with one attached hydrogen (secondary N) is 1. The van der Waals surface area contributed by atoms with Gasteiger partial charge in [-0.2, -0.15) is 5.10 Å². The minimum atomic E-state index is -0.803. The van der Waals surface area contributed by atoms with Crippen LogP contribution < -0.4 is 5.32 Å². The van der Waals surface area contributed by atoms with Crippen LogP contribution in [0.15, 0.2) is 29.4 Å². The SMILES string of the molecule is CC1CCC2(CC1)NC(=O)N(/N=C\c1cccc(F)c1)C2=O. The van der Waals surface area contributed by atoms with Crippen molar-refractivity contribution in [3.63, 3.8) is 0 Å². The number of hydrogen-bond acceptors (Lipinski definition) is 3. The van der Waals surface area contributed by atoms with E-state index in [1.807, 2.05) is 0 Å². The van der Waals surface area contributed by atoms with Crippen LogP contribution in [0, 0.1) is 11.7 Å². The molecular weight excluding hydrogens is 285 g/mol. The van der Waals surface area contributed by atoms with Gasteiger partial charge in [0.05, 0.1) is 6.21 Å². The molecule has 1 aliphatic carbocycles. The third kappa shape index (κ3) is 2.61. The number of nitrogens with zero attached hydrogens (tertiary/aromatic N) is 2. The molecule has 0 bridgehead atoms. The third-order valence-electron chi connectivity index (χ3n) is 4.44. The van der Waals surface area contributed by atoms with E-state index in [0.29, 0.717) is 24.3 Å². The molecule has 1 aromatic carbocycles. The number of carbonyl (C=O) groups excluding carboxylic acids is 2. The molecule has 1 saturated carbocycles. The lowest BCUT2D eigenvalue weighted by Crippen LogP contribution is -2.49. The fourth-order valence-electron chi connectivity index (χ4n) is 3.02. The fourth-order valence-corrected chi connectivity index (χ4v) is 3.02. The van der Waals surface area contributed by atoms with Crippen LogP contribution in [0.3, 0.4) is 0 Å². The molecule has 0 radical (unpaired) electrons. The molecule has 6 heteroatoms. The number of rotatable bonds is 2. The normalized spacial score (nSPS) is 28.6. The summed E-state index contributed by atoms with van der Waals surface area (Å²) in [6.07, 6.45) is 4.43. The zero-order chi connectivity index (χ0) is 15.7. The second-order valence-electron chi connectivity index (χ2n) is 6.11. The third-order valence-corrected chi connectivity index (χ3v) is 4.44. The van der Waals surface area contributed by atoms with Crippen LogP contribution in [0.2, 0.25) is 0 Å². The molecular formula is C16H18FN3O2. The van der Waals surface area contributed by atoms with Gasteiger partial charge >= 0.3 is 6.03 Å². The lowest BCUT2D eigenvalue weighted by molar-refractivity contribution is -0.132. The van der Waals surface area contributed by atoms with Crippen LogP contribution in [-0.2, 0) is 4.79 Å². The maximum absolute atomic E-state index is 13.1. The molecule has 1 aliphatic heterocycles. The molecule has 1 N–H and O–H groups in total. The Morgan fingerprint density at radius 2 is 2.09 bits per heavy atom. The van der Waals surface area contributed by atoms with Gasteiger partial charge in [0.2, 0.25) is 0 Å². The van der Waals surface area contributed by atoms with Crippen molar-refractivity contribution in [1.29, 1.82) is 0 Å². The van der Waals surface area contributed by atoms with Crippen LogP contribution in [0.25, 0.3) is 0 Å². The molecule has 116 valence electrons. The minimum Gasteiger partial charge on any atom is -0.321 e. The summed E-state index contributed by atoms with van der Waals surface area (Å²) in [6.45, 7) is 2.15. The van der Waals surface area contributed by atoms with Crippen molar-refractivity contribution in [3.8, 4) is 0 Å². The zero-order valence-electron chi connectivity index (χ0n) is 12.4. The van der Waals surface area contributed by atoms with Gasteiger partial charge in [0.1, 0.15) is 11.4 Å². The van der Waals surface area contributed by atoms with E-state index < -0.39 is 11.6 Å². The van der Waals surface area contributed by atoms with Crippen molar-refractivity contribution in [3.05, 3.63) is 35.6 Å². The van der Waals surface area contributed by atoms with E-state index in [2.05, 4.69) is 17.3 Å². The summed E-state index contributed by atoms with van der Waals surface area (Å²) in [5.41, 5.74) is -0.304. The fraction of sp³-hybridized carbons (Fsp3) is 0.438.